The summed E-state index contributed by atoms with van der Waals surface area (Å²) >= 11 is 17.9. The third kappa shape index (κ3) is 3.37. The molecule has 0 bridgehead atoms. The molecular formula is C13H11Cl3N2O2S. The molecule has 0 atom stereocenters. The van der Waals surface area contributed by atoms with Crippen LogP contribution in [-0.2, 0) is 10.0 Å². The van der Waals surface area contributed by atoms with Crippen LogP contribution in [0.5, 0.6) is 0 Å². The largest absolute Gasteiger partial charge is 0.398 e. The molecule has 2 aromatic carbocycles. The zero-order chi connectivity index (χ0) is 15.8. The Labute approximate surface area is 137 Å². The normalized spacial score (nSPS) is 11.4. The van der Waals surface area contributed by atoms with Crippen LogP contribution in [0.25, 0.3) is 0 Å². The van der Waals surface area contributed by atoms with Crippen molar-refractivity contribution in [3.63, 3.8) is 0 Å². The van der Waals surface area contributed by atoms with E-state index in [9.17, 15) is 8.42 Å². The van der Waals surface area contributed by atoms with Crippen LogP contribution in [-0.4, -0.2) is 8.42 Å². The van der Waals surface area contributed by atoms with Gasteiger partial charge in [-0.3, -0.25) is 4.72 Å². The Balaban J connectivity index is 2.47. The van der Waals surface area contributed by atoms with Gasteiger partial charge in [0.2, 0.25) is 0 Å². The van der Waals surface area contributed by atoms with Crippen LogP contribution >= 0.6 is 34.8 Å². The molecule has 0 aromatic heterocycles. The maximum Gasteiger partial charge on any atom is 0.262 e. The Bertz CT molecular complexity index is 807. The van der Waals surface area contributed by atoms with E-state index in [1.54, 1.807) is 19.1 Å². The Morgan fingerprint density at radius 2 is 1.71 bits per heavy atom. The highest BCUT2D eigenvalue weighted by Gasteiger charge is 2.19. The zero-order valence-corrected chi connectivity index (χ0v) is 13.9. The Kier molecular flexibility index (Phi) is 4.58. The highest BCUT2D eigenvalue weighted by Crippen LogP contribution is 2.35. The second kappa shape index (κ2) is 5.93. The van der Waals surface area contributed by atoms with Gasteiger partial charge in [0.1, 0.15) is 0 Å². The number of benzene rings is 2. The van der Waals surface area contributed by atoms with E-state index in [1.807, 2.05) is 0 Å². The minimum atomic E-state index is -3.87. The van der Waals surface area contributed by atoms with E-state index < -0.39 is 10.0 Å². The second-order valence-electron chi connectivity index (χ2n) is 4.34. The fourth-order valence-electron chi connectivity index (χ4n) is 1.62. The van der Waals surface area contributed by atoms with Gasteiger partial charge in [0, 0.05) is 0 Å². The lowest BCUT2D eigenvalue weighted by Gasteiger charge is -2.13. The molecule has 0 amide bonds. The van der Waals surface area contributed by atoms with E-state index in [4.69, 9.17) is 40.5 Å². The molecule has 0 fully saturated rings. The highest BCUT2D eigenvalue weighted by atomic mass is 35.5. The molecule has 0 unspecified atom stereocenters. The fourth-order valence-corrected chi connectivity index (χ4v) is 3.56. The third-order valence-corrected chi connectivity index (χ3v) is 5.28. The van der Waals surface area contributed by atoms with E-state index >= 15 is 0 Å². The lowest BCUT2D eigenvalue weighted by Crippen LogP contribution is -2.14. The van der Waals surface area contributed by atoms with Gasteiger partial charge in [-0.2, -0.15) is 0 Å². The van der Waals surface area contributed by atoms with Crippen LogP contribution in [0.4, 0.5) is 11.4 Å². The minimum Gasteiger partial charge on any atom is -0.398 e. The number of hydrogen-bond acceptors (Lipinski definition) is 3. The zero-order valence-electron chi connectivity index (χ0n) is 10.8. The summed E-state index contributed by atoms with van der Waals surface area (Å²) in [5.74, 6) is 0. The maximum atomic E-state index is 12.4. The van der Waals surface area contributed by atoms with Gasteiger partial charge in [-0.05, 0) is 36.8 Å². The van der Waals surface area contributed by atoms with Gasteiger partial charge in [-0.15, -0.1) is 0 Å². The van der Waals surface area contributed by atoms with Crippen molar-refractivity contribution in [3.8, 4) is 0 Å². The Hall–Kier alpha value is -1.14. The predicted molar refractivity (Wildman–Crippen MR) is 87.9 cm³/mol. The van der Waals surface area contributed by atoms with E-state index in [2.05, 4.69) is 4.72 Å². The summed E-state index contributed by atoms with van der Waals surface area (Å²) in [6.45, 7) is 1.75. The molecule has 0 saturated carbocycles. The summed E-state index contributed by atoms with van der Waals surface area (Å²) in [6, 6.07) is 7.29. The number of anilines is 2. The Morgan fingerprint density at radius 3 is 2.33 bits per heavy atom. The summed E-state index contributed by atoms with van der Waals surface area (Å²) in [5, 5.41) is 0.600. The predicted octanol–water partition coefficient (Wildman–Crippen LogP) is 4.34. The van der Waals surface area contributed by atoms with Gasteiger partial charge < -0.3 is 5.73 Å². The maximum absolute atomic E-state index is 12.4. The number of nitrogens with two attached hydrogens (primary N) is 1. The molecule has 112 valence electrons. The molecule has 4 nitrogen and oxygen atoms in total. The van der Waals surface area contributed by atoms with Gasteiger partial charge in [-0.25, -0.2) is 8.42 Å². The average Bonchev–Trinajstić information content (AvgIpc) is 2.42. The third-order valence-electron chi connectivity index (χ3n) is 2.80. The number of halogens is 3. The van der Waals surface area contributed by atoms with Gasteiger partial charge in [0.15, 0.2) is 0 Å². The standard InChI is InChI=1S/C13H11Cl3N2O2S/c1-7-2-4-9(14)13(12(7)16)18-21(19,20)8-3-5-11(17)10(15)6-8/h2-6,18H,17H2,1H3. The van der Waals surface area contributed by atoms with Crippen molar-refractivity contribution in [3.05, 3.63) is 51.0 Å². The SMILES string of the molecule is Cc1ccc(Cl)c(NS(=O)(=O)c2ccc(N)c(Cl)c2)c1Cl. The summed E-state index contributed by atoms with van der Waals surface area (Å²) in [4.78, 5) is -0.0321. The quantitative estimate of drug-likeness (QED) is 0.795. The number of rotatable bonds is 3. The Morgan fingerprint density at radius 1 is 1.05 bits per heavy atom. The number of sulfonamides is 1. The molecule has 21 heavy (non-hydrogen) atoms. The van der Waals surface area contributed by atoms with Crippen molar-refractivity contribution in [2.75, 3.05) is 10.5 Å². The molecular weight excluding hydrogens is 355 g/mol. The van der Waals surface area contributed by atoms with Crippen molar-refractivity contribution >= 4 is 56.2 Å². The number of aryl methyl sites for hydroxylation is 1. The topological polar surface area (TPSA) is 72.2 Å². The molecule has 0 aliphatic carbocycles. The average molecular weight is 366 g/mol. The van der Waals surface area contributed by atoms with Crippen molar-refractivity contribution < 1.29 is 8.42 Å². The van der Waals surface area contributed by atoms with Crippen molar-refractivity contribution in [1.82, 2.24) is 0 Å². The molecule has 0 heterocycles. The smallest absolute Gasteiger partial charge is 0.262 e. The van der Waals surface area contributed by atoms with Gasteiger partial charge in [0.05, 0.1) is 31.3 Å². The van der Waals surface area contributed by atoms with E-state index in [0.29, 0.717) is 11.3 Å². The first-order valence-corrected chi connectivity index (χ1v) is 8.36. The van der Waals surface area contributed by atoms with Crippen LogP contribution in [0.1, 0.15) is 5.56 Å². The second-order valence-corrected chi connectivity index (χ2v) is 7.22. The summed E-state index contributed by atoms with van der Waals surface area (Å²) in [5.41, 5.74) is 6.69. The van der Waals surface area contributed by atoms with Crippen LogP contribution in [0.15, 0.2) is 35.2 Å². The summed E-state index contributed by atoms with van der Waals surface area (Å²) < 4.78 is 27.1. The fraction of sp³-hybridized carbons (Fsp3) is 0.0769. The van der Waals surface area contributed by atoms with Crippen LogP contribution in [0.3, 0.4) is 0 Å². The highest BCUT2D eigenvalue weighted by molar-refractivity contribution is 7.92. The van der Waals surface area contributed by atoms with Gasteiger partial charge in [0.25, 0.3) is 10.0 Å². The van der Waals surface area contributed by atoms with Crippen molar-refractivity contribution in [1.29, 1.82) is 0 Å². The molecule has 2 rings (SSSR count). The summed E-state index contributed by atoms with van der Waals surface area (Å²) in [7, 11) is -3.87. The molecule has 0 spiro atoms. The summed E-state index contributed by atoms with van der Waals surface area (Å²) in [6.07, 6.45) is 0. The number of nitrogens with one attached hydrogen (secondary N) is 1. The van der Waals surface area contributed by atoms with Crippen molar-refractivity contribution in [2.24, 2.45) is 0 Å². The molecule has 0 aliphatic heterocycles. The first-order valence-electron chi connectivity index (χ1n) is 5.75. The van der Waals surface area contributed by atoms with Crippen LogP contribution in [0, 0.1) is 6.92 Å². The first kappa shape index (κ1) is 16.2. The molecule has 0 saturated heterocycles. The van der Waals surface area contributed by atoms with Gasteiger partial charge >= 0.3 is 0 Å². The first-order chi connectivity index (χ1) is 9.72. The number of hydrogen-bond donors (Lipinski definition) is 2. The minimum absolute atomic E-state index is 0.0321. The van der Waals surface area contributed by atoms with Crippen LogP contribution < -0.4 is 10.5 Å². The lowest BCUT2D eigenvalue weighted by atomic mass is 10.2. The molecule has 0 radical (unpaired) electrons. The molecule has 3 N–H and O–H groups in total. The molecule has 8 heteroatoms. The van der Waals surface area contributed by atoms with E-state index in [1.165, 1.54) is 18.2 Å². The lowest BCUT2D eigenvalue weighted by molar-refractivity contribution is 0.601. The molecule has 2 aromatic rings. The van der Waals surface area contributed by atoms with E-state index in [-0.39, 0.29) is 25.7 Å². The number of nitrogen functional groups attached to an aromatic ring is 1. The molecule has 0 aliphatic rings. The van der Waals surface area contributed by atoms with E-state index in [0.717, 1.165) is 0 Å². The van der Waals surface area contributed by atoms with Crippen molar-refractivity contribution in [2.45, 2.75) is 11.8 Å². The van der Waals surface area contributed by atoms with Crippen LogP contribution in [0.2, 0.25) is 15.1 Å². The monoisotopic (exact) mass is 364 g/mol. The van der Waals surface area contributed by atoms with Gasteiger partial charge in [-0.1, -0.05) is 40.9 Å².